The summed E-state index contributed by atoms with van der Waals surface area (Å²) in [6, 6.07) is 9.84. The van der Waals surface area contributed by atoms with E-state index in [4.69, 9.17) is 9.47 Å². The summed E-state index contributed by atoms with van der Waals surface area (Å²) in [6.45, 7) is 0.725. The van der Waals surface area contributed by atoms with Crippen molar-refractivity contribution in [2.45, 2.75) is 37.9 Å². The molecule has 2 aromatic rings. The first-order valence-electron chi connectivity index (χ1n) is 8.96. The molecular weight excluding hydrogens is 382 g/mol. The first-order chi connectivity index (χ1) is 13.9. The first kappa shape index (κ1) is 20.6. The maximum atomic E-state index is 12.5. The Bertz CT molecular complexity index is 931. The molecule has 1 aromatic heterocycles. The van der Waals surface area contributed by atoms with Crippen LogP contribution in [0.2, 0.25) is 0 Å². The molecule has 3 N–H and O–H groups in total. The lowest BCUT2D eigenvalue weighted by atomic mass is 10.0. The van der Waals surface area contributed by atoms with Gasteiger partial charge in [-0.25, -0.2) is 4.79 Å². The fourth-order valence-electron chi connectivity index (χ4n) is 3.05. The topological polar surface area (TPSA) is 140 Å². The van der Waals surface area contributed by atoms with Gasteiger partial charge in [0.1, 0.15) is 18.0 Å². The van der Waals surface area contributed by atoms with Crippen LogP contribution in [0, 0.1) is 0 Å². The highest BCUT2D eigenvalue weighted by Gasteiger charge is 2.40. The number of carbonyl (C=O) groups is 2. The number of anilines is 1. The molecule has 10 nitrogen and oxygen atoms in total. The molecule has 4 atom stereocenters. The maximum absolute atomic E-state index is 12.5. The second-order valence-electron chi connectivity index (χ2n) is 6.52. The van der Waals surface area contributed by atoms with E-state index in [1.807, 2.05) is 0 Å². The standard InChI is InChI=1S/C19H21N3O7/c1-11(24)28-14-9-13(25)15(10-23)29-18(14)22-8-7-16(21-19(22)27)20-17(26)12-5-3-2-4-6-12/h2-8,13-15,18,23,25H,9-10H2,1H3,(H,20,21,26,27)/t13-,14-,15-,18-/m1/s1. The summed E-state index contributed by atoms with van der Waals surface area (Å²) in [5.74, 6) is -0.991. The molecule has 1 fully saturated rings. The molecule has 3 rings (SSSR count). The number of nitrogens with zero attached hydrogens (tertiary/aromatic N) is 2. The molecule has 10 heteroatoms. The van der Waals surface area contributed by atoms with Crippen LogP contribution in [-0.2, 0) is 14.3 Å². The second kappa shape index (κ2) is 8.95. The van der Waals surface area contributed by atoms with Gasteiger partial charge in [0.05, 0.1) is 12.7 Å². The van der Waals surface area contributed by atoms with E-state index < -0.39 is 48.7 Å². The molecule has 1 amide bonds. The first-order valence-corrected chi connectivity index (χ1v) is 8.96. The Morgan fingerprint density at radius 3 is 2.66 bits per heavy atom. The summed E-state index contributed by atoms with van der Waals surface area (Å²) in [7, 11) is 0. The lowest BCUT2D eigenvalue weighted by Gasteiger charge is -2.38. The molecule has 0 aliphatic carbocycles. The van der Waals surface area contributed by atoms with Crippen molar-refractivity contribution in [3.05, 3.63) is 58.6 Å². The van der Waals surface area contributed by atoms with Crippen LogP contribution in [0.25, 0.3) is 0 Å². The average molecular weight is 403 g/mol. The second-order valence-corrected chi connectivity index (χ2v) is 6.52. The van der Waals surface area contributed by atoms with E-state index in [2.05, 4.69) is 10.3 Å². The number of aliphatic hydroxyl groups excluding tert-OH is 2. The Morgan fingerprint density at radius 2 is 2.03 bits per heavy atom. The van der Waals surface area contributed by atoms with Crippen LogP contribution in [-0.4, -0.2) is 56.6 Å². The Hall–Kier alpha value is -3.08. The van der Waals surface area contributed by atoms with Crippen molar-refractivity contribution in [2.75, 3.05) is 11.9 Å². The van der Waals surface area contributed by atoms with Crippen LogP contribution < -0.4 is 11.0 Å². The molecule has 0 bridgehead atoms. The quantitative estimate of drug-likeness (QED) is 0.596. The van der Waals surface area contributed by atoms with Crippen molar-refractivity contribution in [3.63, 3.8) is 0 Å². The molecule has 1 saturated heterocycles. The lowest BCUT2D eigenvalue weighted by Crippen LogP contribution is -2.50. The molecule has 29 heavy (non-hydrogen) atoms. The number of hydrogen-bond acceptors (Lipinski definition) is 8. The fourth-order valence-corrected chi connectivity index (χ4v) is 3.05. The van der Waals surface area contributed by atoms with Gasteiger partial charge in [0.25, 0.3) is 5.91 Å². The third-order valence-electron chi connectivity index (χ3n) is 4.41. The maximum Gasteiger partial charge on any atom is 0.351 e. The number of rotatable bonds is 5. The predicted octanol–water partition coefficient (Wildman–Crippen LogP) is 0.0680. The summed E-state index contributed by atoms with van der Waals surface area (Å²) >= 11 is 0. The van der Waals surface area contributed by atoms with E-state index in [0.29, 0.717) is 5.56 Å². The number of aliphatic hydroxyl groups is 2. The average Bonchev–Trinajstić information content (AvgIpc) is 2.69. The molecule has 0 saturated carbocycles. The highest BCUT2D eigenvalue weighted by atomic mass is 16.6. The van der Waals surface area contributed by atoms with Gasteiger partial charge in [-0.1, -0.05) is 18.2 Å². The molecule has 1 aliphatic rings. The smallest absolute Gasteiger partial charge is 0.351 e. The summed E-state index contributed by atoms with van der Waals surface area (Å²) in [5.41, 5.74) is -0.352. The highest BCUT2D eigenvalue weighted by Crippen LogP contribution is 2.29. The van der Waals surface area contributed by atoms with Crippen LogP contribution in [0.1, 0.15) is 29.9 Å². The largest absolute Gasteiger partial charge is 0.458 e. The van der Waals surface area contributed by atoms with E-state index in [-0.39, 0.29) is 12.2 Å². The summed E-state index contributed by atoms with van der Waals surface area (Å²) in [5, 5.41) is 21.9. The zero-order valence-corrected chi connectivity index (χ0v) is 15.6. The molecule has 0 unspecified atom stereocenters. The van der Waals surface area contributed by atoms with E-state index in [0.717, 1.165) is 4.57 Å². The van der Waals surface area contributed by atoms with Crippen molar-refractivity contribution in [2.24, 2.45) is 0 Å². The number of aromatic nitrogens is 2. The van der Waals surface area contributed by atoms with E-state index >= 15 is 0 Å². The molecular formula is C19H21N3O7. The molecule has 1 aliphatic heterocycles. The van der Waals surface area contributed by atoms with E-state index in [1.165, 1.54) is 19.2 Å². The van der Waals surface area contributed by atoms with Gasteiger partial charge in [0.15, 0.2) is 6.23 Å². The van der Waals surface area contributed by atoms with Crippen molar-refractivity contribution in [1.29, 1.82) is 0 Å². The van der Waals surface area contributed by atoms with Gasteiger partial charge >= 0.3 is 11.7 Å². The zero-order valence-electron chi connectivity index (χ0n) is 15.6. The van der Waals surface area contributed by atoms with Crippen molar-refractivity contribution >= 4 is 17.7 Å². The van der Waals surface area contributed by atoms with Crippen molar-refractivity contribution < 1.29 is 29.3 Å². The van der Waals surface area contributed by atoms with Gasteiger partial charge in [0, 0.05) is 25.1 Å². The molecule has 2 heterocycles. The van der Waals surface area contributed by atoms with Crippen LogP contribution in [0.4, 0.5) is 5.82 Å². The zero-order chi connectivity index (χ0) is 21.0. The normalized spacial score (nSPS) is 24.0. The van der Waals surface area contributed by atoms with Crippen LogP contribution in [0.5, 0.6) is 0 Å². The number of esters is 1. The van der Waals surface area contributed by atoms with Gasteiger partial charge < -0.3 is 25.0 Å². The van der Waals surface area contributed by atoms with Crippen molar-refractivity contribution in [1.82, 2.24) is 9.55 Å². The van der Waals surface area contributed by atoms with E-state index in [1.54, 1.807) is 30.3 Å². The van der Waals surface area contributed by atoms with Crippen LogP contribution >= 0.6 is 0 Å². The number of nitrogens with one attached hydrogen (secondary N) is 1. The van der Waals surface area contributed by atoms with Crippen molar-refractivity contribution in [3.8, 4) is 0 Å². The molecule has 154 valence electrons. The Balaban J connectivity index is 1.82. The summed E-state index contributed by atoms with van der Waals surface area (Å²) in [4.78, 5) is 39.9. The van der Waals surface area contributed by atoms with Crippen LogP contribution in [0.15, 0.2) is 47.4 Å². The van der Waals surface area contributed by atoms with Gasteiger partial charge in [-0.05, 0) is 18.2 Å². The molecule has 0 radical (unpaired) electrons. The lowest BCUT2D eigenvalue weighted by molar-refractivity contribution is -0.219. The Morgan fingerprint density at radius 1 is 1.31 bits per heavy atom. The predicted molar refractivity (Wildman–Crippen MR) is 100 cm³/mol. The van der Waals surface area contributed by atoms with E-state index in [9.17, 15) is 24.6 Å². The fraction of sp³-hybridized carbons (Fsp3) is 0.368. The van der Waals surface area contributed by atoms with Gasteiger partial charge in [-0.15, -0.1) is 0 Å². The van der Waals surface area contributed by atoms with Gasteiger partial charge in [-0.3, -0.25) is 14.2 Å². The number of amides is 1. The SMILES string of the molecule is CC(=O)O[C@@H]1C[C@@H](O)[C@@H](CO)O[C@H]1n1ccc(NC(=O)c2ccccc2)nc1=O. The number of ether oxygens (including phenoxy) is 2. The minimum Gasteiger partial charge on any atom is -0.458 e. The molecule has 0 spiro atoms. The number of hydrogen-bond donors (Lipinski definition) is 3. The van der Waals surface area contributed by atoms with Gasteiger partial charge in [-0.2, -0.15) is 4.98 Å². The summed E-state index contributed by atoms with van der Waals surface area (Å²) in [6.07, 6.45) is -2.73. The Kier molecular flexibility index (Phi) is 6.37. The number of benzene rings is 1. The third kappa shape index (κ3) is 4.86. The third-order valence-corrected chi connectivity index (χ3v) is 4.41. The Labute approximate surface area is 165 Å². The minimum atomic E-state index is -1.08. The van der Waals surface area contributed by atoms with Crippen LogP contribution in [0.3, 0.4) is 0 Å². The number of carbonyl (C=O) groups excluding carboxylic acids is 2. The van der Waals surface area contributed by atoms with Gasteiger partial charge in [0.2, 0.25) is 0 Å². The highest BCUT2D eigenvalue weighted by molar-refractivity contribution is 6.03. The minimum absolute atomic E-state index is 0.0194. The monoisotopic (exact) mass is 403 g/mol. The summed E-state index contributed by atoms with van der Waals surface area (Å²) < 4.78 is 11.8. The molecule has 1 aromatic carbocycles.